The van der Waals surface area contributed by atoms with Crippen LogP contribution >= 0.6 is 0 Å². The number of likely N-dealkylation sites (tertiary alicyclic amines) is 1. The number of hydrogen-bond donors (Lipinski definition) is 0. The highest BCUT2D eigenvalue weighted by Crippen LogP contribution is 2.32. The van der Waals surface area contributed by atoms with E-state index in [1.807, 2.05) is 0 Å². The average Bonchev–Trinajstić information content (AvgIpc) is 2.15. The second-order valence-corrected chi connectivity index (χ2v) is 6.59. The maximum Gasteiger partial charge on any atom is 0.00724 e. The quantitative estimate of drug-likeness (QED) is 0.694. The number of hydrogen-bond acceptors (Lipinski definition) is 1. The molecule has 1 nitrogen and oxygen atoms in total. The van der Waals surface area contributed by atoms with Crippen LogP contribution in [0.2, 0.25) is 0 Å². The molecule has 0 aromatic carbocycles. The Kier molecular flexibility index (Phi) is 5.30. The van der Waals surface area contributed by atoms with E-state index in [9.17, 15) is 0 Å². The lowest BCUT2D eigenvalue weighted by molar-refractivity contribution is 0.0509. The highest BCUT2D eigenvalue weighted by molar-refractivity contribution is 4.85. The molecule has 1 heteroatoms. The van der Waals surface area contributed by atoms with E-state index in [0.717, 1.165) is 29.8 Å². The van der Waals surface area contributed by atoms with Crippen LogP contribution in [0.5, 0.6) is 0 Å². The topological polar surface area (TPSA) is 3.24 Å². The van der Waals surface area contributed by atoms with Crippen LogP contribution in [0.15, 0.2) is 0 Å². The van der Waals surface area contributed by atoms with Gasteiger partial charge in [-0.15, -0.1) is 0 Å². The van der Waals surface area contributed by atoms with E-state index in [1.54, 1.807) is 0 Å². The highest BCUT2D eigenvalue weighted by Gasteiger charge is 2.31. The molecule has 1 aliphatic heterocycles. The van der Waals surface area contributed by atoms with Crippen LogP contribution in [-0.2, 0) is 0 Å². The molecule has 0 amide bonds. The molecule has 1 unspecified atom stereocenters. The van der Waals surface area contributed by atoms with Crippen molar-refractivity contribution in [1.82, 2.24) is 4.90 Å². The van der Waals surface area contributed by atoms with Crippen molar-refractivity contribution < 1.29 is 0 Å². The van der Waals surface area contributed by atoms with Crippen molar-refractivity contribution in [1.29, 1.82) is 0 Å². The molecule has 3 atom stereocenters. The lowest BCUT2D eigenvalue weighted by Gasteiger charge is -2.44. The summed E-state index contributed by atoms with van der Waals surface area (Å²) < 4.78 is 0. The molecule has 1 saturated heterocycles. The fourth-order valence-electron chi connectivity index (χ4n) is 3.07. The standard InChI is InChI=1S/C15H31N/c1-11(2)7-8-16-13(5)9-15(12(3)4)10-14(16)6/h11-15H,7-10H2,1-6H3/t13-,14+,15?. The minimum Gasteiger partial charge on any atom is -0.298 e. The monoisotopic (exact) mass is 225 g/mol. The summed E-state index contributed by atoms with van der Waals surface area (Å²) in [6.07, 6.45) is 4.15. The SMILES string of the molecule is CC(C)CCN1[C@H](C)CC(C(C)C)C[C@@H]1C. The third kappa shape index (κ3) is 3.76. The molecule has 0 radical (unpaired) electrons. The molecule has 1 rings (SSSR count). The van der Waals surface area contributed by atoms with E-state index >= 15 is 0 Å². The van der Waals surface area contributed by atoms with Gasteiger partial charge in [-0.05, 0) is 57.4 Å². The van der Waals surface area contributed by atoms with Gasteiger partial charge in [0.1, 0.15) is 0 Å². The lowest BCUT2D eigenvalue weighted by Crippen LogP contribution is -2.48. The van der Waals surface area contributed by atoms with Crippen molar-refractivity contribution in [3.05, 3.63) is 0 Å². The molecule has 16 heavy (non-hydrogen) atoms. The summed E-state index contributed by atoms with van der Waals surface area (Å²) in [5, 5.41) is 0. The Morgan fingerprint density at radius 3 is 1.88 bits per heavy atom. The Morgan fingerprint density at radius 2 is 1.50 bits per heavy atom. The zero-order chi connectivity index (χ0) is 12.3. The Labute approximate surface area is 103 Å². The fourth-order valence-corrected chi connectivity index (χ4v) is 3.07. The van der Waals surface area contributed by atoms with Crippen LogP contribution in [0, 0.1) is 17.8 Å². The molecule has 1 heterocycles. The first-order valence-corrected chi connectivity index (χ1v) is 7.17. The number of rotatable bonds is 4. The summed E-state index contributed by atoms with van der Waals surface area (Å²) in [7, 11) is 0. The molecule has 0 spiro atoms. The number of nitrogens with zero attached hydrogens (tertiary/aromatic N) is 1. The maximum atomic E-state index is 2.74. The van der Waals surface area contributed by atoms with E-state index < -0.39 is 0 Å². The summed E-state index contributed by atoms with van der Waals surface area (Å²) >= 11 is 0. The molecule has 1 aliphatic rings. The summed E-state index contributed by atoms with van der Waals surface area (Å²) in [6, 6.07) is 1.57. The predicted molar refractivity (Wildman–Crippen MR) is 72.6 cm³/mol. The zero-order valence-corrected chi connectivity index (χ0v) is 12.2. The Hall–Kier alpha value is -0.0400. The molecular formula is C15H31N. The smallest absolute Gasteiger partial charge is 0.00724 e. The molecule has 1 fully saturated rings. The van der Waals surface area contributed by atoms with Gasteiger partial charge in [-0.2, -0.15) is 0 Å². The summed E-state index contributed by atoms with van der Waals surface area (Å²) in [4.78, 5) is 2.74. The first kappa shape index (κ1) is 14.0. The van der Waals surface area contributed by atoms with Crippen LogP contribution in [0.4, 0.5) is 0 Å². The van der Waals surface area contributed by atoms with E-state index in [1.165, 1.54) is 25.8 Å². The third-order valence-corrected chi connectivity index (χ3v) is 4.33. The summed E-state index contributed by atoms with van der Waals surface area (Å²) in [6.45, 7) is 15.6. The molecular weight excluding hydrogens is 194 g/mol. The minimum absolute atomic E-state index is 0.787. The molecule has 0 saturated carbocycles. The maximum absolute atomic E-state index is 2.74. The lowest BCUT2D eigenvalue weighted by atomic mass is 9.80. The van der Waals surface area contributed by atoms with E-state index in [0.29, 0.717) is 0 Å². The van der Waals surface area contributed by atoms with Gasteiger partial charge >= 0.3 is 0 Å². The number of piperidine rings is 1. The van der Waals surface area contributed by atoms with Crippen LogP contribution in [0.3, 0.4) is 0 Å². The van der Waals surface area contributed by atoms with Crippen LogP contribution < -0.4 is 0 Å². The molecule has 96 valence electrons. The second-order valence-electron chi connectivity index (χ2n) is 6.59. The first-order chi connectivity index (χ1) is 7.41. The Balaban J connectivity index is 2.48. The largest absolute Gasteiger partial charge is 0.298 e. The van der Waals surface area contributed by atoms with Gasteiger partial charge in [0.2, 0.25) is 0 Å². The second kappa shape index (κ2) is 6.05. The normalized spacial score (nSPS) is 32.6. The van der Waals surface area contributed by atoms with Crippen molar-refractivity contribution in [2.75, 3.05) is 6.54 Å². The van der Waals surface area contributed by atoms with Crippen LogP contribution in [0.25, 0.3) is 0 Å². The van der Waals surface area contributed by atoms with E-state index in [-0.39, 0.29) is 0 Å². The first-order valence-electron chi connectivity index (χ1n) is 7.17. The third-order valence-electron chi connectivity index (χ3n) is 4.33. The van der Waals surface area contributed by atoms with Gasteiger partial charge in [0, 0.05) is 12.1 Å². The zero-order valence-electron chi connectivity index (χ0n) is 12.2. The highest BCUT2D eigenvalue weighted by atomic mass is 15.2. The summed E-state index contributed by atoms with van der Waals surface area (Å²) in [5.41, 5.74) is 0. The summed E-state index contributed by atoms with van der Waals surface area (Å²) in [5.74, 6) is 2.64. The van der Waals surface area contributed by atoms with Gasteiger partial charge in [-0.1, -0.05) is 27.7 Å². The Bertz CT molecular complexity index is 186. The van der Waals surface area contributed by atoms with Crippen LogP contribution in [0.1, 0.15) is 60.8 Å². The Morgan fingerprint density at radius 1 is 1.00 bits per heavy atom. The van der Waals surface area contributed by atoms with Crippen molar-refractivity contribution in [3.63, 3.8) is 0 Å². The van der Waals surface area contributed by atoms with Gasteiger partial charge in [-0.3, -0.25) is 4.90 Å². The van der Waals surface area contributed by atoms with E-state index in [4.69, 9.17) is 0 Å². The van der Waals surface area contributed by atoms with Gasteiger partial charge < -0.3 is 0 Å². The van der Waals surface area contributed by atoms with E-state index in [2.05, 4.69) is 46.4 Å². The molecule has 0 aromatic heterocycles. The minimum atomic E-state index is 0.787. The van der Waals surface area contributed by atoms with Crippen LogP contribution in [-0.4, -0.2) is 23.5 Å². The molecule has 0 aromatic rings. The van der Waals surface area contributed by atoms with Crippen molar-refractivity contribution in [2.24, 2.45) is 17.8 Å². The van der Waals surface area contributed by atoms with Gasteiger partial charge in [-0.25, -0.2) is 0 Å². The molecule has 0 N–H and O–H groups in total. The van der Waals surface area contributed by atoms with Gasteiger partial charge in [0.05, 0.1) is 0 Å². The van der Waals surface area contributed by atoms with Gasteiger partial charge in [0.15, 0.2) is 0 Å². The molecule has 0 bridgehead atoms. The van der Waals surface area contributed by atoms with Gasteiger partial charge in [0.25, 0.3) is 0 Å². The van der Waals surface area contributed by atoms with Crippen molar-refractivity contribution >= 4 is 0 Å². The van der Waals surface area contributed by atoms with Crippen molar-refractivity contribution in [2.45, 2.75) is 72.9 Å². The fraction of sp³-hybridized carbons (Fsp3) is 1.00. The predicted octanol–water partition coefficient (Wildman–Crippen LogP) is 4.18. The molecule has 0 aliphatic carbocycles. The van der Waals surface area contributed by atoms with Crippen molar-refractivity contribution in [3.8, 4) is 0 Å². The average molecular weight is 225 g/mol.